The molecular weight excluding hydrogens is 388 g/mol. The highest BCUT2D eigenvalue weighted by molar-refractivity contribution is 5.91. The summed E-state index contributed by atoms with van der Waals surface area (Å²) in [4.78, 5) is 25.8. The van der Waals surface area contributed by atoms with Crippen molar-refractivity contribution in [1.82, 2.24) is 0 Å². The van der Waals surface area contributed by atoms with E-state index in [0.29, 0.717) is 24.3 Å². The average Bonchev–Trinajstić information content (AvgIpc) is 2.73. The van der Waals surface area contributed by atoms with Crippen LogP contribution in [0.15, 0.2) is 42.5 Å². The fraction of sp³-hybridized carbons (Fsp3) is 0.481. The van der Waals surface area contributed by atoms with E-state index >= 15 is 0 Å². The van der Waals surface area contributed by atoms with Crippen molar-refractivity contribution in [3.63, 3.8) is 0 Å². The van der Waals surface area contributed by atoms with Gasteiger partial charge >= 0.3 is 11.9 Å². The molecule has 4 heteroatoms. The number of rotatable bonds is 9. The molecule has 0 aliphatic carbocycles. The molecule has 0 spiro atoms. The first-order valence-electron chi connectivity index (χ1n) is 11.2. The summed E-state index contributed by atoms with van der Waals surface area (Å²) >= 11 is 0. The van der Waals surface area contributed by atoms with Crippen LogP contribution in [0.2, 0.25) is 0 Å². The molecule has 0 aromatic heterocycles. The average molecular weight is 425 g/mol. The zero-order chi connectivity index (χ0) is 23.2. The molecular formula is C27H36O4. The number of ether oxygens (including phenoxy) is 2. The second-order valence-electron chi connectivity index (χ2n) is 9.14. The van der Waals surface area contributed by atoms with Gasteiger partial charge in [0.15, 0.2) is 0 Å². The monoisotopic (exact) mass is 424 g/mol. The van der Waals surface area contributed by atoms with Crippen molar-refractivity contribution < 1.29 is 19.1 Å². The Labute approximate surface area is 187 Å². The minimum Gasteiger partial charge on any atom is -0.466 e. The quantitative estimate of drug-likeness (QED) is 0.336. The third kappa shape index (κ3) is 6.19. The topological polar surface area (TPSA) is 52.6 Å². The van der Waals surface area contributed by atoms with Crippen LogP contribution in [0.3, 0.4) is 0 Å². The van der Waals surface area contributed by atoms with Crippen molar-refractivity contribution in [3.05, 3.63) is 64.7 Å². The molecule has 4 nitrogen and oxygen atoms in total. The zero-order valence-corrected chi connectivity index (χ0v) is 20.0. The van der Waals surface area contributed by atoms with Gasteiger partial charge in [0, 0.05) is 5.56 Å². The van der Waals surface area contributed by atoms with Crippen LogP contribution < -0.4 is 4.74 Å². The Bertz CT molecular complexity index is 897. The number of esters is 2. The van der Waals surface area contributed by atoms with E-state index < -0.39 is 11.9 Å². The summed E-state index contributed by atoms with van der Waals surface area (Å²) in [6.07, 6.45) is 1.56. The molecule has 0 saturated carbocycles. The van der Waals surface area contributed by atoms with E-state index in [9.17, 15) is 9.59 Å². The Morgan fingerprint density at radius 3 is 2.23 bits per heavy atom. The molecule has 0 saturated heterocycles. The largest absolute Gasteiger partial charge is 0.466 e. The first-order chi connectivity index (χ1) is 14.6. The van der Waals surface area contributed by atoms with E-state index in [1.54, 1.807) is 24.3 Å². The molecule has 2 aromatic rings. The van der Waals surface area contributed by atoms with Crippen molar-refractivity contribution >= 4 is 11.9 Å². The standard InChI is InChI=1S/C27H36O4/c1-8-27(6,7)21-16-19(5)24(31-25(28)20-13-11-10-12-14-20)22(17-21)23(15-18(3)4)26(29)30-9-2/h10-14,16-18,23H,8-9,15H2,1-7H3. The lowest BCUT2D eigenvalue weighted by atomic mass is 9.78. The molecule has 1 atom stereocenters. The van der Waals surface area contributed by atoms with Gasteiger partial charge in [-0.2, -0.15) is 0 Å². The van der Waals surface area contributed by atoms with Crippen LogP contribution in [0.25, 0.3) is 0 Å². The van der Waals surface area contributed by atoms with Gasteiger partial charge in [0.25, 0.3) is 0 Å². The van der Waals surface area contributed by atoms with Crippen molar-refractivity contribution in [2.45, 2.75) is 72.6 Å². The van der Waals surface area contributed by atoms with E-state index in [1.807, 2.05) is 26.0 Å². The first kappa shape index (κ1) is 24.6. The Morgan fingerprint density at radius 2 is 1.68 bits per heavy atom. The fourth-order valence-electron chi connectivity index (χ4n) is 3.58. The van der Waals surface area contributed by atoms with Gasteiger partial charge in [-0.1, -0.05) is 65.0 Å². The summed E-state index contributed by atoms with van der Waals surface area (Å²) in [7, 11) is 0. The molecule has 0 bridgehead atoms. The number of hydrogen-bond donors (Lipinski definition) is 0. The van der Waals surface area contributed by atoms with Gasteiger partial charge in [-0.05, 0) is 61.3 Å². The number of benzene rings is 2. The van der Waals surface area contributed by atoms with Crippen molar-refractivity contribution in [2.75, 3.05) is 6.61 Å². The van der Waals surface area contributed by atoms with Crippen LogP contribution in [0.5, 0.6) is 5.75 Å². The molecule has 1 unspecified atom stereocenters. The Kier molecular flexibility index (Phi) is 8.43. The lowest BCUT2D eigenvalue weighted by Crippen LogP contribution is -2.22. The Morgan fingerprint density at radius 1 is 1.03 bits per heavy atom. The van der Waals surface area contributed by atoms with Crippen LogP contribution in [0.4, 0.5) is 0 Å². The molecule has 31 heavy (non-hydrogen) atoms. The third-order valence-corrected chi connectivity index (χ3v) is 5.83. The summed E-state index contributed by atoms with van der Waals surface area (Å²) in [5, 5.41) is 0. The van der Waals surface area contributed by atoms with Gasteiger partial charge in [0.05, 0.1) is 18.1 Å². The van der Waals surface area contributed by atoms with Crippen LogP contribution in [0.1, 0.15) is 87.4 Å². The summed E-state index contributed by atoms with van der Waals surface area (Å²) in [6.45, 7) is 14.7. The van der Waals surface area contributed by atoms with Crippen LogP contribution in [0, 0.1) is 12.8 Å². The molecule has 0 amide bonds. The van der Waals surface area contributed by atoms with Gasteiger partial charge < -0.3 is 9.47 Å². The third-order valence-electron chi connectivity index (χ3n) is 5.83. The molecule has 0 N–H and O–H groups in total. The summed E-state index contributed by atoms with van der Waals surface area (Å²) in [6, 6.07) is 13.0. The van der Waals surface area contributed by atoms with Crippen molar-refractivity contribution in [2.24, 2.45) is 5.92 Å². The zero-order valence-electron chi connectivity index (χ0n) is 20.0. The first-order valence-corrected chi connectivity index (χ1v) is 11.2. The van der Waals surface area contributed by atoms with Gasteiger partial charge in [-0.25, -0.2) is 4.79 Å². The Balaban J connectivity index is 2.64. The van der Waals surface area contributed by atoms with E-state index in [2.05, 4.69) is 40.7 Å². The molecule has 2 rings (SSSR count). The summed E-state index contributed by atoms with van der Waals surface area (Å²) in [5.74, 6) is -0.470. The number of aryl methyl sites for hydroxylation is 1. The molecule has 0 heterocycles. The van der Waals surface area contributed by atoms with Crippen LogP contribution >= 0.6 is 0 Å². The summed E-state index contributed by atoms with van der Waals surface area (Å²) in [5.41, 5.74) is 3.10. The van der Waals surface area contributed by atoms with Crippen LogP contribution in [-0.2, 0) is 14.9 Å². The minimum atomic E-state index is -0.496. The molecule has 0 fully saturated rings. The number of hydrogen-bond acceptors (Lipinski definition) is 4. The maximum absolute atomic E-state index is 13.0. The molecule has 0 radical (unpaired) electrons. The fourth-order valence-corrected chi connectivity index (χ4v) is 3.58. The Hall–Kier alpha value is -2.62. The highest BCUT2D eigenvalue weighted by Gasteiger charge is 2.31. The smallest absolute Gasteiger partial charge is 0.343 e. The molecule has 168 valence electrons. The highest BCUT2D eigenvalue weighted by Crippen LogP contribution is 2.40. The highest BCUT2D eigenvalue weighted by atomic mass is 16.5. The molecule has 2 aromatic carbocycles. The minimum absolute atomic E-state index is 0.0709. The van der Waals surface area contributed by atoms with Crippen molar-refractivity contribution in [1.29, 1.82) is 0 Å². The van der Waals surface area contributed by atoms with Gasteiger partial charge in [0.2, 0.25) is 0 Å². The lowest BCUT2D eigenvalue weighted by Gasteiger charge is -2.28. The van der Waals surface area contributed by atoms with Gasteiger partial charge in [-0.15, -0.1) is 0 Å². The van der Waals surface area contributed by atoms with Crippen molar-refractivity contribution in [3.8, 4) is 5.75 Å². The normalized spacial score (nSPS) is 12.5. The van der Waals surface area contributed by atoms with Crippen LogP contribution in [-0.4, -0.2) is 18.5 Å². The van der Waals surface area contributed by atoms with Gasteiger partial charge in [0.1, 0.15) is 5.75 Å². The predicted octanol–water partition coefficient (Wildman–Crippen LogP) is 6.59. The van der Waals surface area contributed by atoms with Gasteiger partial charge in [-0.3, -0.25) is 4.79 Å². The maximum Gasteiger partial charge on any atom is 0.343 e. The molecule has 0 aliphatic heterocycles. The lowest BCUT2D eigenvalue weighted by molar-refractivity contribution is -0.145. The van der Waals surface area contributed by atoms with E-state index in [-0.39, 0.29) is 17.3 Å². The van der Waals surface area contributed by atoms with E-state index in [1.165, 1.54) is 0 Å². The summed E-state index contributed by atoms with van der Waals surface area (Å²) < 4.78 is 11.3. The van der Waals surface area contributed by atoms with E-state index in [4.69, 9.17) is 9.47 Å². The second kappa shape index (κ2) is 10.6. The maximum atomic E-state index is 13.0. The number of carbonyl (C=O) groups is 2. The second-order valence-corrected chi connectivity index (χ2v) is 9.14. The SMILES string of the molecule is CCOC(=O)C(CC(C)C)c1cc(C(C)(C)CC)cc(C)c1OC(=O)c1ccccc1. The predicted molar refractivity (Wildman–Crippen MR) is 125 cm³/mol. The molecule has 0 aliphatic rings. The van der Waals surface area contributed by atoms with E-state index in [0.717, 1.165) is 23.1 Å². The number of carbonyl (C=O) groups excluding carboxylic acids is 2.